The van der Waals surface area contributed by atoms with E-state index in [1.807, 2.05) is 225 Å². The normalized spacial score (nSPS) is 9.91. The van der Waals surface area contributed by atoms with Gasteiger partial charge in [0.25, 0.3) is 0 Å². The number of hydrogen-bond acceptors (Lipinski definition) is 6. The molecule has 6 nitrogen and oxygen atoms in total. The van der Waals surface area contributed by atoms with Crippen molar-refractivity contribution < 1.29 is 60.3 Å². The van der Waals surface area contributed by atoms with E-state index >= 15 is 0 Å². The van der Waals surface area contributed by atoms with E-state index in [1.54, 1.807) is 18.6 Å². The summed E-state index contributed by atoms with van der Waals surface area (Å²) in [6.07, 6.45) is 12.2. The maximum absolute atomic E-state index is 4.59. The maximum Gasteiger partial charge on any atom is 0.0239 e. The Balaban J connectivity index is 0.000000169. The van der Waals surface area contributed by atoms with E-state index in [9.17, 15) is 0 Å². The van der Waals surface area contributed by atoms with Crippen LogP contribution in [0.4, 0.5) is 0 Å². The van der Waals surface area contributed by atoms with Crippen LogP contribution in [-0.4, -0.2) is 29.9 Å². The first kappa shape index (κ1) is 76.2. The van der Waals surface area contributed by atoms with E-state index in [2.05, 4.69) is 197 Å². The third-order valence-corrected chi connectivity index (χ3v) is 15.3. The maximum atomic E-state index is 4.59. The van der Waals surface area contributed by atoms with Gasteiger partial charge < -0.3 is 29.9 Å². The predicted molar refractivity (Wildman–Crippen MR) is 396 cm³/mol. The van der Waals surface area contributed by atoms with Gasteiger partial charge in [0.05, 0.1) is 0 Å². The van der Waals surface area contributed by atoms with Crippen molar-refractivity contribution in [3.8, 4) is 101 Å². The van der Waals surface area contributed by atoms with Crippen LogP contribution in [0.15, 0.2) is 347 Å². The van der Waals surface area contributed by atoms with Gasteiger partial charge >= 0.3 is 0 Å². The Hall–Kier alpha value is -10.2. The quantitative estimate of drug-likeness (QED) is 0.120. The van der Waals surface area contributed by atoms with Gasteiger partial charge in [0, 0.05) is 97.5 Å². The van der Waals surface area contributed by atoms with Crippen LogP contribution in [0.2, 0.25) is 0 Å². The molecule has 0 bridgehead atoms. The van der Waals surface area contributed by atoms with E-state index in [1.165, 1.54) is 44.5 Å². The molecule has 0 atom stereocenters. The zero-order chi connectivity index (χ0) is 66.2. The molecule has 3 radical (unpaired) electrons. The Labute approximate surface area is 625 Å². The molecule has 0 fully saturated rings. The van der Waals surface area contributed by atoms with Crippen LogP contribution in [0.3, 0.4) is 0 Å². The van der Waals surface area contributed by atoms with Gasteiger partial charge in [-0.15, -0.1) is 215 Å². The number of benzene rings is 9. The molecule has 15 rings (SSSR count). The summed E-state index contributed by atoms with van der Waals surface area (Å²) in [5, 5.41) is 0. The van der Waals surface area contributed by atoms with E-state index < -0.39 is 0 Å². The summed E-state index contributed by atoms with van der Waals surface area (Å²) in [4.78, 5) is 26.4. The standard InChI is InChI=1S/C20H18N.C19H16N.C18H14N.3C11H8N.3Ir/c1-15(2)18-10-6-7-11-19(18)17-12-13-20(21-14-17)16-8-4-3-5-9-16;1-2-15-8-6-7-11-18(15)17-12-13-19(20-14-17)16-9-4-3-5-10-16;1-14-7-5-6-10-17(14)16-11-12-18(19-13-16)15-8-3-2-4-9-15;3*1-2-6-10(7-3-1)11-8-4-5-9-12-11;;;/h3-8,10-15H,1-2H3;3-9,11-14H,2H2,1H3;2-8,10-13H,1H3;3*1-6,8-9H;;;/q6*-1;;;. The number of rotatable bonds is 11. The molecule has 0 spiro atoms. The van der Waals surface area contributed by atoms with Crippen molar-refractivity contribution in [2.75, 3.05) is 0 Å². The predicted octanol–water partition coefficient (Wildman–Crippen LogP) is 22.3. The molecular formula is C90H72Ir3N6-6. The van der Waals surface area contributed by atoms with Crippen LogP contribution < -0.4 is 0 Å². The van der Waals surface area contributed by atoms with Gasteiger partial charge in [0.1, 0.15) is 0 Å². The molecule has 9 aromatic carbocycles. The van der Waals surface area contributed by atoms with Crippen LogP contribution in [0.5, 0.6) is 0 Å². The summed E-state index contributed by atoms with van der Waals surface area (Å²) in [7, 11) is 0. The first-order valence-electron chi connectivity index (χ1n) is 32.1. The second kappa shape index (κ2) is 41.8. The second-order valence-electron chi connectivity index (χ2n) is 22.2. The van der Waals surface area contributed by atoms with Crippen LogP contribution >= 0.6 is 0 Å². The summed E-state index contributed by atoms with van der Waals surface area (Å²) >= 11 is 0. The largest absolute Gasteiger partial charge is 0.305 e. The molecular weight excluding hydrogens is 1740 g/mol. The monoisotopic (exact) mass is 1820 g/mol. The van der Waals surface area contributed by atoms with Crippen molar-refractivity contribution in [2.24, 2.45) is 0 Å². The first-order valence-corrected chi connectivity index (χ1v) is 32.1. The fraction of sp³-hybridized carbons (Fsp3) is 0.0667. The van der Waals surface area contributed by atoms with Crippen LogP contribution in [0.25, 0.3) is 101 Å². The van der Waals surface area contributed by atoms with Crippen LogP contribution in [0.1, 0.15) is 43.4 Å². The van der Waals surface area contributed by atoms with Crippen LogP contribution in [0, 0.1) is 43.3 Å². The number of nitrogens with zero attached hydrogens (tertiary/aromatic N) is 6. The summed E-state index contributed by atoms with van der Waals surface area (Å²) in [5.41, 5.74) is 23.2. The van der Waals surface area contributed by atoms with Gasteiger partial charge in [-0.3, -0.25) is 0 Å². The summed E-state index contributed by atoms with van der Waals surface area (Å²) < 4.78 is 0. The van der Waals surface area contributed by atoms with Crippen molar-refractivity contribution in [1.82, 2.24) is 29.9 Å². The average Bonchev–Trinajstić information content (AvgIpc) is 0.857. The number of pyridine rings is 6. The molecule has 0 unspecified atom stereocenters. The molecule has 6 aromatic heterocycles. The molecule has 0 N–H and O–H groups in total. The molecule has 0 saturated heterocycles. The smallest absolute Gasteiger partial charge is 0.0239 e. The zero-order valence-electron chi connectivity index (χ0n) is 55.4. The minimum Gasteiger partial charge on any atom is -0.305 e. The van der Waals surface area contributed by atoms with Crippen molar-refractivity contribution in [2.45, 2.75) is 40.0 Å². The minimum atomic E-state index is 0. The molecule has 9 heteroatoms. The van der Waals surface area contributed by atoms with Gasteiger partial charge in [-0.05, 0) is 122 Å². The van der Waals surface area contributed by atoms with E-state index in [0.717, 1.165) is 79.5 Å². The Morgan fingerprint density at radius 3 is 0.848 bits per heavy atom. The van der Waals surface area contributed by atoms with Crippen molar-refractivity contribution in [3.05, 3.63) is 400 Å². The van der Waals surface area contributed by atoms with Crippen LogP contribution in [-0.2, 0) is 66.7 Å². The molecule has 495 valence electrons. The van der Waals surface area contributed by atoms with Gasteiger partial charge in [-0.1, -0.05) is 166 Å². The molecule has 0 amide bonds. The summed E-state index contributed by atoms with van der Waals surface area (Å²) in [6, 6.07) is 122. The summed E-state index contributed by atoms with van der Waals surface area (Å²) in [5.74, 6) is 0.503. The fourth-order valence-corrected chi connectivity index (χ4v) is 10.3. The molecule has 99 heavy (non-hydrogen) atoms. The van der Waals surface area contributed by atoms with Crippen molar-refractivity contribution in [1.29, 1.82) is 0 Å². The molecule has 0 aliphatic heterocycles. The third kappa shape index (κ3) is 23.2. The van der Waals surface area contributed by atoms with Gasteiger partial charge in [0.2, 0.25) is 0 Å². The molecule has 15 aromatic rings. The Kier molecular flexibility index (Phi) is 32.2. The fourth-order valence-electron chi connectivity index (χ4n) is 10.3. The third-order valence-electron chi connectivity index (χ3n) is 15.3. The zero-order valence-corrected chi connectivity index (χ0v) is 62.6. The Morgan fingerprint density at radius 2 is 0.556 bits per heavy atom. The second-order valence-corrected chi connectivity index (χ2v) is 22.2. The van der Waals surface area contributed by atoms with Crippen molar-refractivity contribution >= 4 is 0 Å². The van der Waals surface area contributed by atoms with Gasteiger partial charge in [0.15, 0.2) is 0 Å². The topological polar surface area (TPSA) is 77.3 Å². The SMILES string of the molecule is CC(C)c1ccccc1-c1ccc(-c2[c-]cccc2)nc1.CCc1ccccc1-c1ccc(-c2[c-]cccc2)nc1.Cc1ccccc1-c1ccc(-c2[c-]cccc2)nc1.[Ir].[Ir].[Ir].[c-]1ccccc1-c1ccccn1.[c-]1ccccc1-c1ccccn1.[c-]1ccccc1-c1ccccn1. The molecule has 0 aliphatic rings. The van der Waals surface area contributed by atoms with Gasteiger partial charge in [-0.25, -0.2) is 0 Å². The first-order chi connectivity index (χ1) is 47.4. The molecule has 0 aliphatic carbocycles. The number of hydrogen-bond donors (Lipinski definition) is 0. The summed E-state index contributed by atoms with van der Waals surface area (Å²) in [6.45, 7) is 8.74. The van der Waals surface area contributed by atoms with E-state index in [0.29, 0.717) is 5.92 Å². The van der Waals surface area contributed by atoms with Crippen molar-refractivity contribution in [3.63, 3.8) is 0 Å². The average molecular weight is 1810 g/mol. The number of aryl methyl sites for hydroxylation is 2. The van der Waals surface area contributed by atoms with E-state index in [-0.39, 0.29) is 60.3 Å². The molecule has 6 heterocycles. The Morgan fingerprint density at radius 1 is 0.273 bits per heavy atom. The number of aromatic nitrogens is 6. The van der Waals surface area contributed by atoms with E-state index in [4.69, 9.17) is 0 Å². The Bertz CT molecular complexity index is 4350. The van der Waals surface area contributed by atoms with Gasteiger partial charge in [-0.2, -0.15) is 0 Å². The molecule has 0 saturated carbocycles. The minimum absolute atomic E-state index is 0.